The van der Waals surface area contributed by atoms with Crippen molar-refractivity contribution >= 4 is 0 Å². The Balaban J connectivity index is 1.86. The fourth-order valence-electron chi connectivity index (χ4n) is 2.27. The van der Waals surface area contributed by atoms with Crippen LogP contribution >= 0.6 is 0 Å². The van der Waals surface area contributed by atoms with Crippen molar-refractivity contribution in [3.8, 4) is 11.5 Å². The SMILES string of the molecule is COc1ccc(OC[C@H]2C[C@@H](N=[N+]=[N-])CN2C)cc1. The third kappa shape index (κ3) is 3.53. The molecule has 0 unspecified atom stereocenters. The fourth-order valence-corrected chi connectivity index (χ4v) is 2.27. The first kappa shape index (κ1) is 13.5. The van der Waals surface area contributed by atoms with Crippen molar-refractivity contribution in [3.63, 3.8) is 0 Å². The lowest BCUT2D eigenvalue weighted by atomic mass is 10.2. The van der Waals surface area contributed by atoms with Gasteiger partial charge in [0.2, 0.25) is 0 Å². The van der Waals surface area contributed by atoms with E-state index in [4.69, 9.17) is 15.0 Å². The Bertz CT molecular complexity index is 456. The van der Waals surface area contributed by atoms with Gasteiger partial charge in [-0.05, 0) is 43.3 Å². The summed E-state index contributed by atoms with van der Waals surface area (Å²) < 4.78 is 10.8. The number of ether oxygens (including phenoxy) is 2. The Morgan fingerprint density at radius 3 is 2.68 bits per heavy atom. The Hall–Kier alpha value is -1.91. The van der Waals surface area contributed by atoms with Crippen molar-refractivity contribution in [2.45, 2.75) is 18.5 Å². The van der Waals surface area contributed by atoms with Gasteiger partial charge in [-0.2, -0.15) is 0 Å². The molecule has 0 aliphatic carbocycles. The largest absolute Gasteiger partial charge is 0.497 e. The molecule has 1 fully saturated rings. The van der Waals surface area contributed by atoms with E-state index in [1.807, 2.05) is 31.3 Å². The molecule has 19 heavy (non-hydrogen) atoms. The van der Waals surface area contributed by atoms with Gasteiger partial charge in [-0.25, -0.2) is 0 Å². The zero-order valence-corrected chi connectivity index (χ0v) is 11.2. The highest BCUT2D eigenvalue weighted by Crippen LogP contribution is 2.21. The van der Waals surface area contributed by atoms with Crippen LogP contribution in [0.25, 0.3) is 10.4 Å². The van der Waals surface area contributed by atoms with Crippen LogP contribution in [0.3, 0.4) is 0 Å². The van der Waals surface area contributed by atoms with Crippen LogP contribution in [0.1, 0.15) is 6.42 Å². The Morgan fingerprint density at radius 1 is 1.37 bits per heavy atom. The van der Waals surface area contributed by atoms with Gasteiger partial charge in [0.1, 0.15) is 18.1 Å². The zero-order valence-electron chi connectivity index (χ0n) is 11.2. The molecule has 1 saturated heterocycles. The number of hydrogen-bond donors (Lipinski definition) is 0. The van der Waals surface area contributed by atoms with Gasteiger partial charge in [-0.1, -0.05) is 5.11 Å². The smallest absolute Gasteiger partial charge is 0.119 e. The number of likely N-dealkylation sites (N-methyl/N-ethyl adjacent to an activating group) is 1. The number of likely N-dealkylation sites (tertiary alicyclic amines) is 1. The summed E-state index contributed by atoms with van der Waals surface area (Å²) >= 11 is 0. The molecule has 6 heteroatoms. The number of nitrogens with zero attached hydrogens (tertiary/aromatic N) is 4. The Kier molecular flexibility index (Phi) is 4.49. The number of hydrogen-bond acceptors (Lipinski definition) is 4. The lowest BCUT2D eigenvalue weighted by Gasteiger charge is -2.19. The third-order valence-corrected chi connectivity index (χ3v) is 3.38. The predicted octanol–water partition coefficient (Wildman–Crippen LogP) is 2.46. The average molecular weight is 262 g/mol. The van der Waals surface area contributed by atoms with Crippen LogP contribution in [-0.4, -0.2) is 44.3 Å². The molecule has 1 aromatic carbocycles. The van der Waals surface area contributed by atoms with Crippen LogP contribution in [0.2, 0.25) is 0 Å². The second kappa shape index (κ2) is 6.31. The molecular weight excluding hydrogens is 244 g/mol. The molecular formula is C13H18N4O2. The van der Waals surface area contributed by atoms with E-state index < -0.39 is 0 Å². The number of benzene rings is 1. The summed E-state index contributed by atoms with van der Waals surface area (Å²) in [6, 6.07) is 7.86. The number of azide groups is 1. The monoisotopic (exact) mass is 262 g/mol. The van der Waals surface area contributed by atoms with Crippen molar-refractivity contribution in [2.75, 3.05) is 27.3 Å². The van der Waals surface area contributed by atoms with Gasteiger partial charge in [-0.3, -0.25) is 4.90 Å². The zero-order chi connectivity index (χ0) is 13.7. The van der Waals surface area contributed by atoms with Gasteiger partial charge in [0.05, 0.1) is 13.2 Å². The molecule has 0 bridgehead atoms. The summed E-state index contributed by atoms with van der Waals surface area (Å²) in [7, 11) is 3.66. The normalized spacial score (nSPS) is 22.8. The molecule has 0 amide bonds. The Morgan fingerprint density at radius 2 is 2.05 bits per heavy atom. The molecule has 0 aromatic heterocycles. The molecule has 1 aliphatic heterocycles. The van der Waals surface area contributed by atoms with E-state index in [1.165, 1.54) is 0 Å². The number of methoxy groups -OCH3 is 1. The highest BCUT2D eigenvalue weighted by Gasteiger charge is 2.29. The first-order valence-electron chi connectivity index (χ1n) is 6.24. The van der Waals surface area contributed by atoms with Gasteiger partial charge >= 0.3 is 0 Å². The maximum absolute atomic E-state index is 8.45. The van der Waals surface area contributed by atoms with Gasteiger partial charge in [-0.15, -0.1) is 0 Å². The summed E-state index contributed by atoms with van der Waals surface area (Å²) in [6.07, 6.45) is 0.844. The number of rotatable bonds is 5. The van der Waals surface area contributed by atoms with E-state index in [1.54, 1.807) is 7.11 Å². The summed E-state index contributed by atoms with van der Waals surface area (Å²) in [4.78, 5) is 5.04. The third-order valence-electron chi connectivity index (χ3n) is 3.38. The molecule has 0 spiro atoms. The van der Waals surface area contributed by atoms with Crippen molar-refractivity contribution in [1.29, 1.82) is 0 Å². The predicted molar refractivity (Wildman–Crippen MR) is 72.5 cm³/mol. The van der Waals surface area contributed by atoms with Crippen molar-refractivity contribution < 1.29 is 9.47 Å². The van der Waals surface area contributed by atoms with Crippen LogP contribution in [0, 0.1) is 0 Å². The fraction of sp³-hybridized carbons (Fsp3) is 0.538. The van der Waals surface area contributed by atoms with Gasteiger partial charge in [0.15, 0.2) is 0 Å². The Labute approximate surface area is 112 Å². The maximum Gasteiger partial charge on any atom is 0.119 e. The lowest BCUT2D eigenvalue weighted by molar-refractivity contribution is 0.198. The molecule has 1 aliphatic rings. The van der Waals surface area contributed by atoms with Gasteiger partial charge in [0.25, 0.3) is 0 Å². The van der Waals surface area contributed by atoms with Crippen LogP contribution in [0.4, 0.5) is 0 Å². The minimum Gasteiger partial charge on any atom is -0.497 e. The van der Waals surface area contributed by atoms with Gasteiger partial charge in [0, 0.05) is 17.5 Å². The van der Waals surface area contributed by atoms with Crippen molar-refractivity contribution in [2.24, 2.45) is 5.11 Å². The maximum atomic E-state index is 8.45. The van der Waals surface area contributed by atoms with Crippen molar-refractivity contribution in [3.05, 3.63) is 34.7 Å². The van der Waals surface area contributed by atoms with Crippen molar-refractivity contribution in [1.82, 2.24) is 4.90 Å². The average Bonchev–Trinajstić information content (AvgIpc) is 2.78. The molecule has 102 valence electrons. The molecule has 2 atom stereocenters. The minimum absolute atomic E-state index is 0.0551. The molecule has 2 rings (SSSR count). The first-order chi connectivity index (χ1) is 9.22. The summed E-state index contributed by atoms with van der Waals surface area (Å²) in [5, 5.41) is 3.77. The van der Waals surface area contributed by atoms with E-state index in [9.17, 15) is 0 Å². The summed E-state index contributed by atoms with van der Waals surface area (Å²) in [5.74, 6) is 1.63. The minimum atomic E-state index is 0.0551. The van der Waals surface area contributed by atoms with Gasteiger partial charge < -0.3 is 9.47 Å². The highest BCUT2D eigenvalue weighted by molar-refractivity contribution is 5.31. The van der Waals surface area contributed by atoms with Crippen LogP contribution in [-0.2, 0) is 0 Å². The molecule has 1 heterocycles. The van der Waals surface area contributed by atoms with E-state index in [0.717, 1.165) is 24.5 Å². The molecule has 6 nitrogen and oxygen atoms in total. The topological polar surface area (TPSA) is 70.5 Å². The quantitative estimate of drug-likeness (QED) is 0.465. The van der Waals surface area contributed by atoms with Crippen LogP contribution in [0.5, 0.6) is 11.5 Å². The second-order valence-corrected chi connectivity index (χ2v) is 4.67. The summed E-state index contributed by atoms with van der Waals surface area (Å²) in [6.45, 7) is 1.39. The second-order valence-electron chi connectivity index (χ2n) is 4.67. The molecule has 1 aromatic rings. The lowest BCUT2D eigenvalue weighted by Crippen LogP contribution is -2.30. The molecule has 0 radical (unpaired) electrons. The van der Waals surface area contributed by atoms with Crippen LogP contribution in [0.15, 0.2) is 29.4 Å². The summed E-state index contributed by atoms with van der Waals surface area (Å²) in [5.41, 5.74) is 8.45. The molecule has 0 saturated carbocycles. The molecule has 0 N–H and O–H groups in total. The standard InChI is InChI=1S/C13H18N4O2/c1-17-8-10(15-16-14)7-11(17)9-19-13-5-3-12(18-2)4-6-13/h3-6,10-11H,7-9H2,1-2H3/t10-,11-/m1/s1. The first-order valence-corrected chi connectivity index (χ1v) is 6.24. The van der Waals surface area contributed by atoms with E-state index in [-0.39, 0.29) is 12.1 Å². The highest BCUT2D eigenvalue weighted by atomic mass is 16.5. The van der Waals surface area contributed by atoms with E-state index >= 15 is 0 Å². The van der Waals surface area contributed by atoms with Crippen LogP contribution < -0.4 is 9.47 Å². The van der Waals surface area contributed by atoms with E-state index in [2.05, 4.69) is 14.9 Å². The van der Waals surface area contributed by atoms with E-state index in [0.29, 0.717) is 6.61 Å².